The summed E-state index contributed by atoms with van der Waals surface area (Å²) in [4.78, 5) is 4.54. The average molecular weight is 254 g/mol. The normalized spacial score (nSPS) is 11.2. The highest BCUT2D eigenvalue weighted by Gasteiger charge is 2.10. The Labute approximate surface area is 105 Å². The molecule has 3 N–H and O–H groups in total. The molecule has 0 atom stereocenters. The van der Waals surface area contributed by atoms with Gasteiger partial charge in [0.1, 0.15) is 5.82 Å². The third kappa shape index (κ3) is 2.60. The van der Waals surface area contributed by atoms with E-state index in [-0.39, 0.29) is 6.61 Å². The lowest BCUT2D eigenvalue weighted by Gasteiger charge is -2.06. The monoisotopic (exact) mass is 253 g/mol. The van der Waals surface area contributed by atoms with E-state index in [2.05, 4.69) is 4.98 Å². The number of hydrogen-bond donors (Lipinski definition) is 2. The molecule has 0 aliphatic rings. The molecular formula is C12H16ClN3O. The van der Waals surface area contributed by atoms with Crippen molar-refractivity contribution in [3.63, 3.8) is 0 Å². The third-order valence-electron chi connectivity index (χ3n) is 2.72. The molecule has 2 aromatic rings. The smallest absolute Gasteiger partial charge is 0.109 e. The third-order valence-corrected chi connectivity index (χ3v) is 2.95. The van der Waals surface area contributed by atoms with Crippen LogP contribution in [0.25, 0.3) is 11.0 Å². The lowest BCUT2D eigenvalue weighted by molar-refractivity contribution is 0.276. The minimum atomic E-state index is 0.101. The number of rotatable bonds is 5. The summed E-state index contributed by atoms with van der Waals surface area (Å²) in [5, 5.41) is 9.78. The highest BCUT2D eigenvalue weighted by atomic mass is 35.5. The topological polar surface area (TPSA) is 64.1 Å². The molecule has 17 heavy (non-hydrogen) atoms. The Balaban J connectivity index is 2.45. The van der Waals surface area contributed by atoms with Gasteiger partial charge < -0.3 is 15.4 Å². The molecule has 1 heterocycles. The van der Waals surface area contributed by atoms with Gasteiger partial charge >= 0.3 is 0 Å². The minimum Gasteiger partial charge on any atom is -0.395 e. The number of aryl methyl sites for hydroxylation is 1. The van der Waals surface area contributed by atoms with Crippen LogP contribution in [0.5, 0.6) is 0 Å². The van der Waals surface area contributed by atoms with Crippen LogP contribution in [0.4, 0.5) is 0 Å². The van der Waals surface area contributed by atoms with E-state index in [4.69, 9.17) is 22.4 Å². The van der Waals surface area contributed by atoms with Crippen molar-refractivity contribution < 1.29 is 5.11 Å². The maximum absolute atomic E-state index is 9.10. The molecule has 0 unspecified atom stereocenters. The molecule has 1 aromatic heterocycles. The maximum atomic E-state index is 9.10. The zero-order valence-electron chi connectivity index (χ0n) is 9.56. The summed E-state index contributed by atoms with van der Waals surface area (Å²) >= 11 is 5.94. The summed E-state index contributed by atoms with van der Waals surface area (Å²) in [5.74, 6) is 0.960. The molecule has 4 nitrogen and oxygen atoms in total. The van der Waals surface area contributed by atoms with E-state index in [1.807, 2.05) is 22.8 Å². The van der Waals surface area contributed by atoms with Crippen LogP contribution in [-0.4, -0.2) is 27.8 Å². The van der Waals surface area contributed by atoms with Crippen LogP contribution in [0, 0.1) is 0 Å². The molecule has 0 radical (unpaired) electrons. The van der Waals surface area contributed by atoms with E-state index in [0.29, 0.717) is 18.1 Å². The van der Waals surface area contributed by atoms with Gasteiger partial charge in [-0.15, -0.1) is 0 Å². The molecule has 0 saturated carbocycles. The molecule has 0 saturated heterocycles. The summed E-state index contributed by atoms with van der Waals surface area (Å²) in [5.41, 5.74) is 7.39. The van der Waals surface area contributed by atoms with Crippen LogP contribution in [0.15, 0.2) is 18.2 Å². The number of nitrogens with zero attached hydrogens (tertiary/aromatic N) is 2. The molecule has 2 rings (SSSR count). The molecule has 0 spiro atoms. The molecule has 0 amide bonds. The van der Waals surface area contributed by atoms with Crippen LogP contribution < -0.4 is 5.73 Å². The van der Waals surface area contributed by atoms with Gasteiger partial charge in [0, 0.05) is 18.0 Å². The summed E-state index contributed by atoms with van der Waals surface area (Å²) in [6, 6.07) is 5.62. The minimum absolute atomic E-state index is 0.101. The fourth-order valence-corrected chi connectivity index (χ4v) is 2.12. The summed E-state index contributed by atoms with van der Waals surface area (Å²) < 4.78 is 2.03. The van der Waals surface area contributed by atoms with Gasteiger partial charge in [-0.1, -0.05) is 11.6 Å². The zero-order chi connectivity index (χ0) is 12.3. The quantitative estimate of drug-likeness (QED) is 0.850. The molecule has 1 aromatic carbocycles. The second-order valence-corrected chi connectivity index (χ2v) is 4.36. The van der Waals surface area contributed by atoms with Crippen molar-refractivity contribution in [1.82, 2.24) is 9.55 Å². The Bertz CT molecular complexity index is 510. The first-order valence-electron chi connectivity index (χ1n) is 5.72. The van der Waals surface area contributed by atoms with Crippen LogP contribution in [0.2, 0.25) is 5.02 Å². The first kappa shape index (κ1) is 12.4. The van der Waals surface area contributed by atoms with Gasteiger partial charge in [-0.25, -0.2) is 4.98 Å². The number of halogens is 1. The lowest BCUT2D eigenvalue weighted by Crippen LogP contribution is -2.09. The predicted octanol–water partition coefficient (Wildman–Crippen LogP) is 1.57. The molecular weight excluding hydrogens is 238 g/mol. The van der Waals surface area contributed by atoms with Gasteiger partial charge in [-0.2, -0.15) is 0 Å². The fourth-order valence-electron chi connectivity index (χ4n) is 1.95. The second-order valence-electron chi connectivity index (χ2n) is 3.93. The van der Waals surface area contributed by atoms with Crippen molar-refractivity contribution >= 4 is 22.6 Å². The average Bonchev–Trinajstić information content (AvgIpc) is 2.64. The Morgan fingerprint density at radius 3 is 2.94 bits per heavy atom. The van der Waals surface area contributed by atoms with Crippen molar-refractivity contribution in [2.75, 3.05) is 13.2 Å². The molecule has 0 aliphatic heterocycles. The standard InChI is InChI=1S/C12H16ClN3O/c13-9-3-4-11-10(8-9)15-12(2-1-5-14)16(11)6-7-17/h3-4,8,17H,1-2,5-7,14H2. The van der Waals surface area contributed by atoms with Crippen LogP contribution in [0.1, 0.15) is 12.2 Å². The first-order chi connectivity index (χ1) is 8.26. The van der Waals surface area contributed by atoms with Crippen molar-refractivity contribution in [1.29, 1.82) is 0 Å². The molecule has 5 heteroatoms. The number of nitrogens with two attached hydrogens (primary N) is 1. The Hall–Kier alpha value is -1.10. The van der Waals surface area contributed by atoms with E-state index in [1.165, 1.54) is 0 Å². The molecule has 0 aliphatic carbocycles. The SMILES string of the molecule is NCCCc1nc2cc(Cl)ccc2n1CCO. The Morgan fingerprint density at radius 1 is 1.41 bits per heavy atom. The molecule has 92 valence electrons. The van der Waals surface area contributed by atoms with Crippen molar-refractivity contribution in [3.05, 3.63) is 29.0 Å². The lowest BCUT2D eigenvalue weighted by atomic mass is 10.3. The maximum Gasteiger partial charge on any atom is 0.109 e. The van der Waals surface area contributed by atoms with E-state index in [9.17, 15) is 0 Å². The number of aliphatic hydroxyl groups excluding tert-OH is 1. The summed E-state index contributed by atoms with van der Waals surface area (Å²) in [7, 11) is 0. The largest absolute Gasteiger partial charge is 0.395 e. The van der Waals surface area contributed by atoms with E-state index >= 15 is 0 Å². The Morgan fingerprint density at radius 2 is 2.24 bits per heavy atom. The van der Waals surface area contributed by atoms with Gasteiger partial charge in [0.25, 0.3) is 0 Å². The molecule has 0 fully saturated rings. The van der Waals surface area contributed by atoms with E-state index < -0.39 is 0 Å². The highest BCUT2D eigenvalue weighted by molar-refractivity contribution is 6.31. The van der Waals surface area contributed by atoms with Gasteiger partial charge in [0.05, 0.1) is 17.6 Å². The number of aromatic nitrogens is 2. The van der Waals surface area contributed by atoms with Crippen LogP contribution >= 0.6 is 11.6 Å². The number of benzene rings is 1. The van der Waals surface area contributed by atoms with Gasteiger partial charge in [0.2, 0.25) is 0 Å². The highest BCUT2D eigenvalue weighted by Crippen LogP contribution is 2.21. The van der Waals surface area contributed by atoms with Gasteiger partial charge in [-0.05, 0) is 31.2 Å². The number of fused-ring (bicyclic) bond motifs is 1. The van der Waals surface area contributed by atoms with Crippen molar-refractivity contribution in [3.8, 4) is 0 Å². The van der Waals surface area contributed by atoms with E-state index in [1.54, 1.807) is 0 Å². The van der Waals surface area contributed by atoms with Crippen molar-refractivity contribution in [2.24, 2.45) is 5.73 Å². The van der Waals surface area contributed by atoms with Gasteiger partial charge in [-0.3, -0.25) is 0 Å². The summed E-state index contributed by atoms with van der Waals surface area (Å²) in [6.07, 6.45) is 1.71. The number of imidazole rings is 1. The Kier molecular flexibility index (Phi) is 3.99. The molecule has 0 bridgehead atoms. The first-order valence-corrected chi connectivity index (χ1v) is 6.09. The van der Waals surface area contributed by atoms with Crippen LogP contribution in [-0.2, 0) is 13.0 Å². The number of aliphatic hydroxyl groups is 1. The van der Waals surface area contributed by atoms with Gasteiger partial charge in [0.15, 0.2) is 0 Å². The number of hydrogen-bond acceptors (Lipinski definition) is 3. The van der Waals surface area contributed by atoms with Crippen molar-refractivity contribution in [2.45, 2.75) is 19.4 Å². The van der Waals surface area contributed by atoms with E-state index in [0.717, 1.165) is 29.7 Å². The fraction of sp³-hybridized carbons (Fsp3) is 0.417. The second kappa shape index (κ2) is 5.49. The zero-order valence-corrected chi connectivity index (χ0v) is 10.3. The predicted molar refractivity (Wildman–Crippen MR) is 69.2 cm³/mol. The summed E-state index contributed by atoms with van der Waals surface area (Å²) in [6.45, 7) is 1.30. The van der Waals surface area contributed by atoms with Crippen LogP contribution in [0.3, 0.4) is 0 Å².